The van der Waals surface area contributed by atoms with Crippen LogP contribution in [0.2, 0.25) is 0 Å². The summed E-state index contributed by atoms with van der Waals surface area (Å²) in [6, 6.07) is 8.88. The number of halogens is 1. The van der Waals surface area contributed by atoms with E-state index in [0.29, 0.717) is 50.6 Å². The van der Waals surface area contributed by atoms with Gasteiger partial charge in [0.15, 0.2) is 5.65 Å². The van der Waals surface area contributed by atoms with Crippen LogP contribution in [-0.4, -0.2) is 43.3 Å². The van der Waals surface area contributed by atoms with Crippen molar-refractivity contribution in [2.75, 3.05) is 24.4 Å². The van der Waals surface area contributed by atoms with E-state index in [1.165, 1.54) is 6.07 Å². The number of H-pyrrole nitrogens is 1. The topological polar surface area (TPSA) is 120 Å². The molecule has 0 amide bonds. The summed E-state index contributed by atoms with van der Waals surface area (Å²) in [6.45, 7) is 4.01. The van der Waals surface area contributed by atoms with Crippen LogP contribution in [0, 0.1) is 5.82 Å². The fraction of sp³-hybridized carbons (Fsp3) is 0.217. The lowest BCUT2D eigenvalue weighted by Gasteiger charge is -2.12. The van der Waals surface area contributed by atoms with Crippen molar-refractivity contribution in [3.8, 4) is 17.0 Å². The van der Waals surface area contributed by atoms with Crippen molar-refractivity contribution in [2.24, 2.45) is 0 Å². The quantitative estimate of drug-likeness (QED) is 0.287. The second kappa shape index (κ2) is 8.49. The minimum atomic E-state index is -0.388. The van der Waals surface area contributed by atoms with Crippen molar-refractivity contribution in [2.45, 2.75) is 24.8 Å². The molecule has 4 N–H and O–H groups in total. The van der Waals surface area contributed by atoms with Gasteiger partial charge in [-0.05, 0) is 50.4 Å². The summed E-state index contributed by atoms with van der Waals surface area (Å²) in [4.78, 5) is 10.3. The van der Waals surface area contributed by atoms with Gasteiger partial charge in [-0.25, -0.2) is 9.07 Å². The van der Waals surface area contributed by atoms with E-state index in [9.17, 15) is 4.39 Å². The highest BCUT2D eigenvalue weighted by Crippen LogP contribution is 2.37. The number of nitrogens with two attached hydrogens (primary N) is 1. The summed E-state index contributed by atoms with van der Waals surface area (Å²) >= 11 is 1.62. The number of aromatic amines is 1. The van der Waals surface area contributed by atoms with Crippen molar-refractivity contribution in [1.29, 1.82) is 0 Å². The predicted molar refractivity (Wildman–Crippen MR) is 133 cm³/mol. The molecule has 34 heavy (non-hydrogen) atoms. The summed E-state index contributed by atoms with van der Waals surface area (Å²) in [6.07, 6.45) is 3.58. The van der Waals surface area contributed by atoms with Crippen LogP contribution < -0.4 is 15.8 Å². The van der Waals surface area contributed by atoms with Gasteiger partial charge in [0, 0.05) is 21.9 Å². The Bertz CT molecular complexity index is 1530. The molecule has 0 radical (unpaired) electrons. The standard InChI is InChI=1S/C23H23FN8OS/c1-11(2)32-22-18(20(31-32)13-6-7-15(24)19-14(13)10-26-30-19)21(25)28-23(29-22)27-16-8-5-12(34-4)9-17(16)33-3/h5-11H,1-4H3,(H,26,30)(H3,25,27,28,29). The second-order valence-corrected chi connectivity index (χ2v) is 8.84. The molecule has 0 fully saturated rings. The smallest absolute Gasteiger partial charge is 0.231 e. The monoisotopic (exact) mass is 478 g/mol. The van der Waals surface area contributed by atoms with E-state index >= 15 is 0 Å². The normalized spacial score (nSPS) is 11.6. The van der Waals surface area contributed by atoms with Crippen molar-refractivity contribution in [3.05, 3.63) is 42.3 Å². The van der Waals surface area contributed by atoms with E-state index in [2.05, 4.69) is 20.5 Å². The van der Waals surface area contributed by atoms with Gasteiger partial charge in [0.1, 0.15) is 28.6 Å². The fourth-order valence-corrected chi connectivity index (χ4v) is 4.33. The first-order chi connectivity index (χ1) is 16.4. The maximum absolute atomic E-state index is 14.2. The molecular formula is C23H23FN8OS. The molecule has 5 rings (SSSR count). The van der Waals surface area contributed by atoms with Crippen molar-refractivity contribution in [3.63, 3.8) is 0 Å². The minimum Gasteiger partial charge on any atom is -0.495 e. The Morgan fingerprint density at radius 2 is 2.03 bits per heavy atom. The maximum atomic E-state index is 14.2. The molecule has 3 aromatic heterocycles. The van der Waals surface area contributed by atoms with Crippen LogP contribution in [0.1, 0.15) is 19.9 Å². The molecule has 0 unspecified atom stereocenters. The van der Waals surface area contributed by atoms with Gasteiger partial charge in [-0.2, -0.15) is 20.2 Å². The van der Waals surface area contributed by atoms with Crippen LogP contribution in [0.5, 0.6) is 5.75 Å². The molecule has 2 aromatic carbocycles. The molecule has 0 atom stereocenters. The second-order valence-electron chi connectivity index (χ2n) is 7.96. The van der Waals surface area contributed by atoms with Gasteiger partial charge >= 0.3 is 0 Å². The van der Waals surface area contributed by atoms with Gasteiger partial charge in [-0.15, -0.1) is 11.8 Å². The lowest BCUT2D eigenvalue weighted by molar-refractivity contribution is 0.415. The van der Waals surface area contributed by atoms with Gasteiger partial charge in [0.25, 0.3) is 0 Å². The number of rotatable bonds is 6. The van der Waals surface area contributed by atoms with Crippen LogP contribution in [0.4, 0.5) is 21.8 Å². The Kier molecular flexibility index (Phi) is 5.48. The molecule has 0 saturated heterocycles. The molecular weight excluding hydrogens is 455 g/mol. The highest BCUT2D eigenvalue weighted by atomic mass is 32.2. The number of nitrogens with zero attached hydrogens (tertiary/aromatic N) is 5. The Balaban J connectivity index is 1.68. The number of fused-ring (bicyclic) bond motifs is 2. The van der Waals surface area contributed by atoms with E-state index in [-0.39, 0.29) is 17.7 Å². The van der Waals surface area contributed by atoms with Crippen molar-refractivity contribution >= 4 is 51.2 Å². The van der Waals surface area contributed by atoms with Crippen molar-refractivity contribution in [1.82, 2.24) is 29.9 Å². The lowest BCUT2D eigenvalue weighted by atomic mass is 10.0. The molecule has 0 aliphatic rings. The Labute approximate surface area is 198 Å². The fourth-order valence-electron chi connectivity index (χ4n) is 3.90. The number of hydrogen-bond acceptors (Lipinski definition) is 8. The highest BCUT2D eigenvalue weighted by Gasteiger charge is 2.23. The summed E-state index contributed by atoms with van der Waals surface area (Å²) in [5, 5.41) is 15.9. The molecule has 174 valence electrons. The van der Waals surface area contributed by atoms with Crippen LogP contribution in [-0.2, 0) is 0 Å². The molecule has 9 nitrogen and oxygen atoms in total. The Morgan fingerprint density at radius 1 is 1.21 bits per heavy atom. The number of nitrogen functional groups attached to an aromatic ring is 1. The number of benzene rings is 2. The number of methoxy groups -OCH3 is 1. The van der Waals surface area contributed by atoms with Crippen LogP contribution in [0.3, 0.4) is 0 Å². The molecule has 0 spiro atoms. The van der Waals surface area contributed by atoms with Crippen LogP contribution >= 0.6 is 11.8 Å². The SMILES string of the molecule is COc1cc(SC)ccc1Nc1nc(N)c2c(-c3ccc(F)c4[nH]ncc34)nn(C(C)C)c2n1. The summed E-state index contributed by atoms with van der Waals surface area (Å²) in [5.74, 6) is 0.859. The molecule has 0 aliphatic carbocycles. The zero-order chi connectivity index (χ0) is 24.0. The van der Waals surface area contributed by atoms with Gasteiger partial charge < -0.3 is 15.8 Å². The zero-order valence-electron chi connectivity index (χ0n) is 19.0. The maximum Gasteiger partial charge on any atom is 0.231 e. The molecule has 3 heterocycles. The van der Waals surface area contributed by atoms with Gasteiger partial charge in [-0.1, -0.05) is 0 Å². The van der Waals surface area contributed by atoms with Crippen LogP contribution in [0.15, 0.2) is 41.4 Å². The molecule has 0 aliphatic heterocycles. The third kappa shape index (κ3) is 3.58. The zero-order valence-corrected chi connectivity index (χ0v) is 19.9. The first kappa shape index (κ1) is 22.0. The van der Waals surface area contributed by atoms with E-state index < -0.39 is 0 Å². The van der Waals surface area contributed by atoms with E-state index in [0.717, 1.165) is 4.90 Å². The summed E-state index contributed by atoms with van der Waals surface area (Å²) < 4.78 is 21.6. The average Bonchev–Trinajstić information content (AvgIpc) is 3.46. The number of nitrogens with one attached hydrogen (secondary N) is 2. The molecule has 11 heteroatoms. The number of anilines is 3. The lowest BCUT2D eigenvalue weighted by Crippen LogP contribution is -2.07. The minimum absolute atomic E-state index is 0.00547. The van der Waals surface area contributed by atoms with E-state index in [1.54, 1.807) is 35.8 Å². The number of ether oxygens (including phenoxy) is 1. The van der Waals surface area contributed by atoms with Crippen molar-refractivity contribution < 1.29 is 9.13 Å². The van der Waals surface area contributed by atoms with Gasteiger partial charge in [0.2, 0.25) is 5.95 Å². The molecule has 0 bridgehead atoms. The van der Waals surface area contributed by atoms with Gasteiger partial charge in [0.05, 0.1) is 24.4 Å². The Hall–Kier alpha value is -3.86. The third-order valence-corrected chi connectivity index (χ3v) is 6.27. The first-order valence-electron chi connectivity index (χ1n) is 10.6. The van der Waals surface area contributed by atoms with E-state index in [1.807, 2.05) is 38.3 Å². The highest BCUT2D eigenvalue weighted by molar-refractivity contribution is 7.98. The number of aromatic nitrogens is 6. The molecule has 0 saturated carbocycles. The average molecular weight is 479 g/mol. The van der Waals surface area contributed by atoms with E-state index in [4.69, 9.17) is 20.6 Å². The third-order valence-electron chi connectivity index (χ3n) is 5.54. The number of thioether (sulfide) groups is 1. The molecule has 5 aromatic rings. The summed E-state index contributed by atoms with van der Waals surface area (Å²) in [7, 11) is 1.61. The summed E-state index contributed by atoms with van der Waals surface area (Å²) in [5.41, 5.74) is 9.31. The largest absolute Gasteiger partial charge is 0.495 e. The van der Waals surface area contributed by atoms with Crippen LogP contribution in [0.25, 0.3) is 33.2 Å². The first-order valence-corrected chi connectivity index (χ1v) is 11.8. The predicted octanol–water partition coefficient (Wildman–Crippen LogP) is 5.15. The number of hydrogen-bond donors (Lipinski definition) is 3. The van der Waals surface area contributed by atoms with Gasteiger partial charge in [-0.3, -0.25) is 5.10 Å². The Morgan fingerprint density at radius 3 is 2.76 bits per heavy atom.